The molecule has 0 aliphatic rings. The quantitative estimate of drug-likeness (QED) is 0.640. The molecule has 72 valence electrons. The van der Waals surface area contributed by atoms with Gasteiger partial charge in [-0.15, -0.1) is 0 Å². The molecule has 0 amide bonds. The molecule has 0 aromatic rings. The van der Waals surface area contributed by atoms with Crippen LogP contribution in [0.5, 0.6) is 0 Å². The molecule has 0 aliphatic carbocycles. The van der Waals surface area contributed by atoms with E-state index in [9.17, 15) is 4.79 Å². The van der Waals surface area contributed by atoms with E-state index in [4.69, 9.17) is 10.5 Å². The number of carbonyl (C=O) groups excluding carboxylic acids is 1. The molecule has 0 aromatic carbocycles. The highest BCUT2D eigenvalue weighted by Crippen LogP contribution is 2.01. The Kier molecular flexibility index (Phi) is 5.72. The van der Waals surface area contributed by atoms with Crippen LogP contribution in [-0.4, -0.2) is 18.1 Å². The summed E-state index contributed by atoms with van der Waals surface area (Å²) in [5.41, 5.74) is 5.50. The molecule has 0 saturated carbocycles. The molecular weight excluding hydrogens is 154 g/mol. The summed E-state index contributed by atoms with van der Waals surface area (Å²) < 4.78 is 5.06. The minimum Gasteiger partial charge on any atom is -0.463 e. The highest BCUT2D eigenvalue weighted by Gasteiger charge is 2.07. The van der Waals surface area contributed by atoms with Crippen molar-refractivity contribution in [2.45, 2.75) is 52.2 Å². The Morgan fingerprint density at radius 3 is 2.50 bits per heavy atom. The van der Waals surface area contributed by atoms with E-state index in [1.165, 1.54) is 0 Å². The van der Waals surface area contributed by atoms with Crippen molar-refractivity contribution in [3.8, 4) is 0 Å². The van der Waals surface area contributed by atoms with Crippen LogP contribution in [0.4, 0.5) is 0 Å². The van der Waals surface area contributed by atoms with Gasteiger partial charge in [0.2, 0.25) is 0 Å². The van der Waals surface area contributed by atoms with Crippen LogP contribution in [0, 0.1) is 0 Å². The maximum Gasteiger partial charge on any atom is 0.306 e. The maximum absolute atomic E-state index is 11.0. The fraction of sp³-hybridized carbons (Fsp3) is 0.889. The second-order valence-corrected chi connectivity index (χ2v) is 3.22. The van der Waals surface area contributed by atoms with Gasteiger partial charge in [0.1, 0.15) is 0 Å². The standard InChI is InChI=1S/C9H19NO2/c1-4-8(3)12-9(11)6-5-7(2)10/h7-8H,4-6,10H2,1-3H3. The van der Waals surface area contributed by atoms with E-state index in [0.29, 0.717) is 12.8 Å². The monoisotopic (exact) mass is 173 g/mol. The Bertz CT molecular complexity index is 134. The Morgan fingerprint density at radius 2 is 2.08 bits per heavy atom. The Hall–Kier alpha value is -0.570. The van der Waals surface area contributed by atoms with Crippen LogP contribution in [0.25, 0.3) is 0 Å². The third-order valence-electron chi connectivity index (χ3n) is 1.71. The predicted molar refractivity (Wildman–Crippen MR) is 48.7 cm³/mol. The van der Waals surface area contributed by atoms with Crippen molar-refractivity contribution in [3.05, 3.63) is 0 Å². The topological polar surface area (TPSA) is 52.3 Å². The number of carbonyl (C=O) groups is 1. The smallest absolute Gasteiger partial charge is 0.306 e. The first-order valence-corrected chi connectivity index (χ1v) is 4.51. The van der Waals surface area contributed by atoms with Gasteiger partial charge < -0.3 is 10.5 Å². The lowest BCUT2D eigenvalue weighted by Gasteiger charge is -2.11. The van der Waals surface area contributed by atoms with Crippen LogP contribution in [-0.2, 0) is 9.53 Å². The van der Waals surface area contributed by atoms with E-state index in [1.54, 1.807) is 0 Å². The molecule has 0 aliphatic heterocycles. The Balaban J connectivity index is 3.46. The zero-order valence-electron chi connectivity index (χ0n) is 8.17. The summed E-state index contributed by atoms with van der Waals surface area (Å²) >= 11 is 0. The molecule has 3 heteroatoms. The summed E-state index contributed by atoms with van der Waals surface area (Å²) in [7, 11) is 0. The van der Waals surface area contributed by atoms with Crippen molar-refractivity contribution in [1.82, 2.24) is 0 Å². The van der Waals surface area contributed by atoms with Crippen molar-refractivity contribution in [1.29, 1.82) is 0 Å². The molecule has 12 heavy (non-hydrogen) atoms. The third kappa shape index (κ3) is 6.16. The lowest BCUT2D eigenvalue weighted by Crippen LogP contribution is -2.19. The van der Waals surface area contributed by atoms with Crippen molar-refractivity contribution >= 4 is 5.97 Å². The van der Waals surface area contributed by atoms with Crippen LogP contribution >= 0.6 is 0 Å². The minimum absolute atomic E-state index is 0.0329. The molecule has 2 atom stereocenters. The fourth-order valence-corrected chi connectivity index (χ4v) is 0.712. The van der Waals surface area contributed by atoms with Gasteiger partial charge in [-0.2, -0.15) is 0 Å². The summed E-state index contributed by atoms with van der Waals surface area (Å²) in [4.78, 5) is 11.0. The van der Waals surface area contributed by atoms with Crippen molar-refractivity contribution in [2.24, 2.45) is 5.73 Å². The molecule has 2 N–H and O–H groups in total. The van der Waals surface area contributed by atoms with E-state index >= 15 is 0 Å². The molecule has 0 rings (SSSR count). The van der Waals surface area contributed by atoms with E-state index in [1.807, 2.05) is 20.8 Å². The molecular formula is C9H19NO2. The van der Waals surface area contributed by atoms with Crippen LogP contribution in [0.2, 0.25) is 0 Å². The highest BCUT2D eigenvalue weighted by molar-refractivity contribution is 5.69. The molecule has 0 fully saturated rings. The first kappa shape index (κ1) is 11.4. The first-order chi connectivity index (χ1) is 5.56. The SMILES string of the molecule is CCC(C)OC(=O)CCC(C)N. The van der Waals surface area contributed by atoms with Crippen molar-refractivity contribution in [3.63, 3.8) is 0 Å². The van der Waals surface area contributed by atoms with E-state index in [0.717, 1.165) is 6.42 Å². The number of ether oxygens (including phenoxy) is 1. The molecule has 0 saturated heterocycles. The third-order valence-corrected chi connectivity index (χ3v) is 1.71. The molecule has 0 spiro atoms. The van der Waals surface area contributed by atoms with Gasteiger partial charge in [0.15, 0.2) is 0 Å². The summed E-state index contributed by atoms with van der Waals surface area (Å²) in [6, 6.07) is 0.0782. The van der Waals surface area contributed by atoms with Crippen LogP contribution in [0.15, 0.2) is 0 Å². The average Bonchev–Trinajstić information content (AvgIpc) is 2.00. The summed E-state index contributed by atoms with van der Waals surface area (Å²) in [5.74, 6) is -0.137. The summed E-state index contributed by atoms with van der Waals surface area (Å²) in [5, 5.41) is 0. The minimum atomic E-state index is -0.137. The summed E-state index contributed by atoms with van der Waals surface area (Å²) in [6.45, 7) is 5.77. The zero-order valence-corrected chi connectivity index (χ0v) is 8.17. The number of hydrogen-bond donors (Lipinski definition) is 1. The van der Waals surface area contributed by atoms with Gasteiger partial charge in [-0.25, -0.2) is 0 Å². The molecule has 2 unspecified atom stereocenters. The Labute approximate surface area is 74.3 Å². The van der Waals surface area contributed by atoms with Crippen LogP contribution in [0.1, 0.15) is 40.0 Å². The molecule has 0 radical (unpaired) electrons. The number of nitrogens with two attached hydrogens (primary N) is 1. The van der Waals surface area contributed by atoms with E-state index in [-0.39, 0.29) is 18.1 Å². The maximum atomic E-state index is 11.0. The summed E-state index contributed by atoms with van der Waals surface area (Å²) in [6.07, 6.45) is 2.03. The van der Waals surface area contributed by atoms with Gasteiger partial charge in [-0.1, -0.05) is 6.92 Å². The van der Waals surface area contributed by atoms with E-state index < -0.39 is 0 Å². The second-order valence-electron chi connectivity index (χ2n) is 3.22. The molecule has 0 aromatic heterocycles. The van der Waals surface area contributed by atoms with Crippen molar-refractivity contribution < 1.29 is 9.53 Å². The normalized spacial score (nSPS) is 15.3. The Morgan fingerprint density at radius 1 is 1.50 bits per heavy atom. The highest BCUT2D eigenvalue weighted by atomic mass is 16.5. The zero-order chi connectivity index (χ0) is 9.56. The first-order valence-electron chi connectivity index (χ1n) is 4.51. The van der Waals surface area contributed by atoms with Crippen LogP contribution < -0.4 is 5.73 Å². The largest absolute Gasteiger partial charge is 0.463 e. The number of hydrogen-bond acceptors (Lipinski definition) is 3. The van der Waals surface area contributed by atoms with Crippen LogP contribution in [0.3, 0.4) is 0 Å². The van der Waals surface area contributed by atoms with Gasteiger partial charge in [-0.3, -0.25) is 4.79 Å². The fourth-order valence-electron chi connectivity index (χ4n) is 0.712. The lowest BCUT2D eigenvalue weighted by molar-refractivity contribution is -0.148. The van der Waals surface area contributed by atoms with Gasteiger partial charge in [-0.05, 0) is 26.7 Å². The van der Waals surface area contributed by atoms with E-state index in [2.05, 4.69) is 0 Å². The molecule has 3 nitrogen and oxygen atoms in total. The molecule has 0 heterocycles. The molecule has 0 bridgehead atoms. The number of esters is 1. The van der Waals surface area contributed by atoms with Gasteiger partial charge in [0.05, 0.1) is 6.10 Å². The number of rotatable bonds is 5. The second kappa shape index (κ2) is 6.00. The van der Waals surface area contributed by atoms with Gasteiger partial charge >= 0.3 is 5.97 Å². The lowest BCUT2D eigenvalue weighted by atomic mass is 10.2. The average molecular weight is 173 g/mol. The van der Waals surface area contributed by atoms with Gasteiger partial charge in [0.25, 0.3) is 0 Å². The van der Waals surface area contributed by atoms with Crippen molar-refractivity contribution in [2.75, 3.05) is 0 Å². The van der Waals surface area contributed by atoms with Gasteiger partial charge in [0, 0.05) is 12.5 Å². The predicted octanol–water partition coefficient (Wildman–Crippen LogP) is 1.46.